The molecule has 2 aromatic carbocycles. The maximum atomic E-state index is 6.27. The lowest BCUT2D eigenvalue weighted by Gasteiger charge is -2.15. The van der Waals surface area contributed by atoms with Crippen molar-refractivity contribution in [3.63, 3.8) is 0 Å². The zero-order valence-electron chi connectivity index (χ0n) is 15.2. The van der Waals surface area contributed by atoms with Crippen LogP contribution >= 0.6 is 11.6 Å². The molecule has 7 nitrogen and oxygen atoms in total. The Kier molecular flexibility index (Phi) is 5.52. The maximum absolute atomic E-state index is 6.27. The lowest BCUT2D eigenvalue weighted by Crippen LogP contribution is -2.06. The molecule has 3 aromatic rings. The molecule has 4 N–H and O–H groups in total. The molecule has 0 bridgehead atoms. The van der Waals surface area contributed by atoms with Crippen LogP contribution in [0.2, 0.25) is 5.02 Å². The summed E-state index contributed by atoms with van der Waals surface area (Å²) >= 11 is 6.01. The molecule has 0 fully saturated rings. The summed E-state index contributed by atoms with van der Waals surface area (Å²) in [5.41, 5.74) is 9.19. The predicted octanol–water partition coefficient (Wildman–Crippen LogP) is 4.53. The topological polar surface area (TPSA) is 94.3 Å². The number of nitrogens with two attached hydrogens (primary N) is 1. The highest BCUT2D eigenvalue weighted by Gasteiger charge is 2.12. The van der Waals surface area contributed by atoms with E-state index in [2.05, 4.69) is 20.6 Å². The Morgan fingerprint density at radius 2 is 1.59 bits per heavy atom. The highest BCUT2D eigenvalue weighted by molar-refractivity contribution is 6.30. The fourth-order valence-corrected chi connectivity index (χ4v) is 2.75. The van der Waals surface area contributed by atoms with Crippen molar-refractivity contribution >= 4 is 40.3 Å². The Morgan fingerprint density at radius 1 is 0.926 bits per heavy atom. The maximum Gasteiger partial charge on any atom is 0.159 e. The summed E-state index contributed by atoms with van der Waals surface area (Å²) in [6.45, 7) is 1.95. The highest BCUT2D eigenvalue weighted by Crippen LogP contribution is 2.34. The van der Waals surface area contributed by atoms with Gasteiger partial charge in [0.15, 0.2) is 11.6 Å². The molecule has 0 aliphatic carbocycles. The van der Waals surface area contributed by atoms with Crippen molar-refractivity contribution in [1.82, 2.24) is 9.97 Å². The second kappa shape index (κ2) is 8.01. The van der Waals surface area contributed by atoms with E-state index in [0.29, 0.717) is 39.5 Å². The van der Waals surface area contributed by atoms with Crippen molar-refractivity contribution in [3.8, 4) is 11.5 Å². The van der Waals surface area contributed by atoms with Crippen molar-refractivity contribution in [2.45, 2.75) is 6.92 Å². The van der Waals surface area contributed by atoms with Crippen LogP contribution in [0.25, 0.3) is 0 Å². The van der Waals surface area contributed by atoms with Gasteiger partial charge in [-0.05, 0) is 42.8 Å². The molecule has 1 aromatic heterocycles. The summed E-state index contributed by atoms with van der Waals surface area (Å²) < 4.78 is 10.6. The van der Waals surface area contributed by atoms with Gasteiger partial charge in [0, 0.05) is 16.8 Å². The first-order valence-corrected chi connectivity index (χ1v) is 8.52. The molecule has 8 heteroatoms. The quantitative estimate of drug-likeness (QED) is 0.574. The first-order chi connectivity index (χ1) is 13.0. The van der Waals surface area contributed by atoms with Crippen molar-refractivity contribution in [2.24, 2.45) is 0 Å². The third-order valence-corrected chi connectivity index (χ3v) is 4.22. The van der Waals surface area contributed by atoms with Crippen LogP contribution in [0.5, 0.6) is 11.5 Å². The number of methoxy groups -OCH3 is 2. The number of hydrogen-bond acceptors (Lipinski definition) is 7. The molecule has 0 spiro atoms. The van der Waals surface area contributed by atoms with E-state index >= 15 is 0 Å². The Hall–Kier alpha value is -3.19. The van der Waals surface area contributed by atoms with Crippen LogP contribution in [-0.4, -0.2) is 24.2 Å². The number of ether oxygens (including phenoxy) is 2. The SMILES string of the molecule is COc1ccc(Nc2ncnc(Nc3ccc(Cl)cc3C)c2N)c(OC)c1. The van der Waals surface area contributed by atoms with Gasteiger partial charge in [-0.1, -0.05) is 11.6 Å². The Morgan fingerprint density at radius 3 is 2.22 bits per heavy atom. The standard InChI is InChI=1S/C19H20ClN5O2/c1-11-8-12(20)4-6-14(11)24-18-17(21)19(23-10-22-18)25-15-7-5-13(26-2)9-16(15)27-3/h4-10H,21H2,1-3H3,(H2,22,23,24,25). The number of nitrogen functional groups attached to an aromatic ring is 1. The molecule has 0 atom stereocenters. The summed E-state index contributed by atoms with van der Waals surface area (Å²) in [6.07, 6.45) is 1.43. The number of aromatic nitrogens is 2. The van der Waals surface area contributed by atoms with Gasteiger partial charge in [-0.15, -0.1) is 0 Å². The average molecular weight is 386 g/mol. The fraction of sp³-hybridized carbons (Fsp3) is 0.158. The summed E-state index contributed by atoms with van der Waals surface area (Å²) in [7, 11) is 3.18. The molecule has 27 heavy (non-hydrogen) atoms. The fourth-order valence-electron chi connectivity index (χ4n) is 2.52. The van der Waals surface area contributed by atoms with E-state index in [9.17, 15) is 0 Å². The molecule has 0 aliphatic rings. The zero-order chi connectivity index (χ0) is 19.4. The minimum absolute atomic E-state index is 0.379. The van der Waals surface area contributed by atoms with E-state index < -0.39 is 0 Å². The van der Waals surface area contributed by atoms with Gasteiger partial charge >= 0.3 is 0 Å². The summed E-state index contributed by atoms with van der Waals surface area (Å²) in [5.74, 6) is 2.25. The average Bonchev–Trinajstić information content (AvgIpc) is 2.67. The second-order valence-electron chi connectivity index (χ2n) is 5.76. The first kappa shape index (κ1) is 18.6. The van der Waals surface area contributed by atoms with Crippen molar-refractivity contribution < 1.29 is 9.47 Å². The molecule has 0 unspecified atom stereocenters. The van der Waals surface area contributed by atoms with E-state index in [1.165, 1.54) is 6.33 Å². The van der Waals surface area contributed by atoms with Crippen molar-refractivity contribution in [3.05, 3.63) is 53.3 Å². The minimum atomic E-state index is 0.379. The van der Waals surface area contributed by atoms with Crippen LogP contribution in [0.3, 0.4) is 0 Å². The lowest BCUT2D eigenvalue weighted by atomic mass is 10.2. The number of rotatable bonds is 6. The van der Waals surface area contributed by atoms with Gasteiger partial charge < -0.3 is 25.8 Å². The van der Waals surface area contributed by atoms with Crippen LogP contribution in [0.1, 0.15) is 5.56 Å². The molecule has 0 radical (unpaired) electrons. The van der Waals surface area contributed by atoms with E-state index in [0.717, 1.165) is 11.3 Å². The van der Waals surface area contributed by atoms with E-state index in [-0.39, 0.29) is 0 Å². The van der Waals surface area contributed by atoms with E-state index in [1.54, 1.807) is 26.4 Å². The van der Waals surface area contributed by atoms with Gasteiger partial charge in [-0.25, -0.2) is 9.97 Å². The molecule has 140 valence electrons. The Bertz CT molecular complexity index is 965. The summed E-state index contributed by atoms with van der Waals surface area (Å²) in [6, 6.07) is 11.0. The third-order valence-electron chi connectivity index (χ3n) is 3.99. The summed E-state index contributed by atoms with van der Waals surface area (Å²) in [4.78, 5) is 8.47. The lowest BCUT2D eigenvalue weighted by molar-refractivity contribution is 0.395. The van der Waals surface area contributed by atoms with Gasteiger partial charge in [0.05, 0.1) is 19.9 Å². The molecule has 0 saturated carbocycles. The molecular weight excluding hydrogens is 366 g/mol. The van der Waals surface area contributed by atoms with Crippen molar-refractivity contribution in [1.29, 1.82) is 0 Å². The Labute approximate surface area is 162 Å². The van der Waals surface area contributed by atoms with Gasteiger partial charge in [-0.3, -0.25) is 0 Å². The normalized spacial score (nSPS) is 10.4. The predicted molar refractivity (Wildman–Crippen MR) is 109 cm³/mol. The highest BCUT2D eigenvalue weighted by atomic mass is 35.5. The van der Waals surface area contributed by atoms with Crippen molar-refractivity contribution in [2.75, 3.05) is 30.6 Å². The monoisotopic (exact) mass is 385 g/mol. The largest absolute Gasteiger partial charge is 0.497 e. The van der Waals surface area contributed by atoms with E-state index in [1.807, 2.05) is 31.2 Å². The van der Waals surface area contributed by atoms with Crippen LogP contribution in [0.4, 0.5) is 28.7 Å². The number of anilines is 5. The number of hydrogen-bond donors (Lipinski definition) is 3. The molecule has 3 rings (SSSR count). The number of halogens is 1. The Balaban J connectivity index is 1.89. The molecule has 1 heterocycles. The smallest absolute Gasteiger partial charge is 0.159 e. The van der Waals surface area contributed by atoms with E-state index in [4.69, 9.17) is 26.8 Å². The second-order valence-corrected chi connectivity index (χ2v) is 6.20. The van der Waals surface area contributed by atoms with Gasteiger partial charge in [0.1, 0.15) is 23.5 Å². The van der Waals surface area contributed by atoms with Crippen LogP contribution < -0.4 is 25.8 Å². The third kappa shape index (κ3) is 4.15. The zero-order valence-corrected chi connectivity index (χ0v) is 16.0. The number of nitrogens with zero attached hydrogens (tertiary/aromatic N) is 2. The number of nitrogens with one attached hydrogen (secondary N) is 2. The number of aryl methyl sites for hydroxylation is 1. The molecule has 0 saturated heterocycles. The minimum Gasteiger partial charge on any atom is -0.497 e. The van der Waals surface area contributed by atoms with Crippen LogP contribution in [-0.2, 0) is 0 Å². The van der Waals surface area contributed by atoms with Crippen LogP contribution in [0, 0.1) is 6.92 Å². The molecule has 0 aliphatic heterocycles. The van der Waals surface area contributed by atoms with Gasteiger partial charge in [-0.2, -0.15) is 0 Å². The first-order valence-electron chi connectivity index (χ1n) is 8.14. The summed E-state index contributed by atoms with van der Waals surface area (Å²) in [5, 5.41) is 7.06. The molecular formula is C19H20ClN5O2. The van der Waals surface area contributed by atoms with Gasteiger partial charge in [0.2, 0.25) is 0 Å². The van der Waals surface area contributed by atoms with Crippen LogP contribution in [0.15, 0.2) is 42.7 Å². The molecule has 0 amide bonds. The van der Waals surface area contributed by atoms with Gasteiger partial charge in [0.25, 0.3) is 0 Å². The number of benzene rings is 2.